The van der Waals surface area contributed by atoms with Crippen LogP contribution < -0.4 is 14.2 Å². The van der Waals surface area contributed by atoms with E-state index in [4.69, 9.17) is 14.2 Å². The highest BCUT2D eigenvalue weighted by Gasteiger charge is 2.28. The average molecular weight is 379 g/mol. The molecule has 5 rings (SSSR count). The third-order valence-corrected chi connectivity index (χ3v) is 6.13. The summed E-state index contributed by atoms with van der Waals surface area (Å²) in [4.78, 5) is 14.7. The van der Waals surface area contributed by atoms with Gasteiger partial charge in [0.05, 0.1) is 13.0 Å². The van der Waals surface area contributed by atoms with Crippen molar-refractivity contribution in [1.29, 1.82) is 0 Å². The van der Waals surface area contributed by atoms with Crippen LogP contribution in [0.2, 0.25) is 0 Å². The van der Waals surface area contributed by atoms with Crippen LogP contribution in [0.4, 0.5) is 0 Å². The van der Waals surface area contributed by atoms with E-state index in [0.29, 0.717) is 12.3 Å². The number of nitrogens with zero attached hydrogens (tertiary/aromatic N) is 1. The molecule has 2 aliphatic heterocycles. The molecular formula is C23H25NO4. The molecule has 0 saturated heterocycles. The van der Waals surface area contributed by atoms with E-state index in [1.54, 1.807) is 0 Å². The molecule has 1 aliphatic carbocycles. The largest absolute Gasteiger partial charge is 0.493 e. The van der Waals surface area contributed by atoms with Gasteiger partial charge in [0.2, 0.25) is 12.7 Å². The minimum Gasteiger partial charge on any atom is -0.493 e. The first kappa shape index (κ1) is 17.4. The predicted octanol–water partition coefficient (Wildman–Crippen LogP) is 3.47. The van der Waals surface area contributed by atoms with Gasteiger partial charge in [0.15, 0.2) is 11.5 Å². The molecule has 0 unspecified atom stereocenters. The molecule has 1 atom stereocenters. The zero-order valence-electron chi connectivity index (χ0n) is 16.2. The number of carbonyl (C=O) groups excluding carboxylic acids is 1. The van der Waals surface area contributed by atoms with Crippen molar-refractivity contribution in [1.82, 2.24) is 4.90 Å². The Balaban J connectivity index is 1.28. The van der Waals surface area contributed by atoms with Crippen LogP contribution in [0.15, 0.2) is 30.3 Å². The summed E-state index contributed by atoms with van der Waals surface area (Å²) >= 11 is 0. The summed E-state index contributed by atoms with van der Waals surface area (Å²) in [6.45, 7) is 1.79. The Morgan fingerprint density at radius 1 is 1.11 bits per heavy atom. The Morgan fingerprint density at radius 2 is 2.00 bits per heavy atom. The van der Waals surface area contributed by atoms with Crippen molar-refractivity contribution < 1.29 is 19.0 Å². The number of benzene rings is 2. The second-order valence-corrected chi connectivity index (χ2v) is 7.95. The van der Waals surface area contributed by atoms with E-state index in [1.807, 2.05) is 30.1 Å². The van der Waals surface area contributed by atoms with E-state index in [9.17, 15) is 4.79 Å². The van der Waals surface area contributed by atoms with Gasteiger partial charge in [0, 0.05) is 25.9 Å². The number of likely N-dealkylation sites (N-methyl/N-ethyl adjacent to an activating group) is 1. The number of amides is 1. The van der Waals surface area contributed by atoms with Crippen molar-refractivity contribution in [2.45, 2.75) is 38.0 Å². The van der Waals surface area contributed by atoms with Gasteiger partial charge in [-0.05, 0) is 53.6 Å². The highest BCUT2D eigenvalue weighted by Crippen LogP contribution is 2.41. The molecule has 28 heavy (non-hydrogen) atoms. The first-order valence-corrected chi connectivity index (χ1v) is 10.1. The fourth-order valence-corrected chi connectivity index (χ4v) is 4.63. The third-order valence-electron chi connectivity index (χ3n) is 6.13. The van der Waals surface area contributed by atoms with Crippen LogP contribution in [-0.4, -0.2) is 37.8 Å². The number of rotatable bonds is 4. The topological polar surface area (TPSA) is 48.0 Å². The molecule has 1 amide bonds. The van der Waals surface area contributed by atoms with Crippen LogP contribution in [-0.2, 0) is 24.1 Å². The number of hydrogen-bond acceptors (Lipinski definition) is 4. The zero-order valence-corrected chi connectivity index (χ0v) is 16.2. The molecule has 2 heterocycles. The summed E-state index contributed by atoms with van der Waals surface area (Å²) in [6, 6.07) is 10.2. The second kappa shape index (κ2) is 7.04. The predicted molar refractivity (Wildman–Crippen MR) is 105 cm³/mol. The molecule has 0 saturated carbocycles. The third kappa shape index (κ3) is 3.09. The molecule has 5 heteroatoms. The standard InChI is InChI=1S/C23H25NO4/c1-24(22(25)12-15-5-8-20-21(11-15)28-14-27-20)13-17-3-2-4-19-18(17)7-6-16-9-10-26-23(16)19/h5-8,11,17H,2-4,9-10,12-14H2,1H3/t17-/m0/s1. The molecule has 0 fully saturated rings. The summed E-state index contributed by atoms with van der Waals surface area (Å²) in [5, 5.41) is 0. The highest BCUT2D eigenvalue weighted by molar-refractivity contribution is 5.79. The van der Waals surface area contributed by atoms with Gasteiger partial charge in [-0.3, -0.25) is 4.79 Å². The van der Waals surface area contributed by atoms with E-state index in [-0.39, 0.29) is 12.7 Å². The Bertz CT molecular complexity index is 923. The molecular weight excluding hydrogens is 354 g/mol. The van der Waals surface area contributed by atoms with Gasteiger partial charge in [-0.25, -0.2) is 0 Å². The fraction of sp³-hybridized carbons (Fsp3) is 0.435. The number of fused-ring (bicyclic) bond motifs is 4. The maximum atomic E-state index is 12.8. The number of carbonyl (C=O) groups is 1. The molecule has 2 aromatic carbocycles. The maximum absolute atomic E-state index is 12.8. The van der Waals surface area contributed by atoms with Crippen molar-refractivity contribution in [3.8, 4) is 17.2 Å². The van der Waals surface area contributed by atoms with E-state index in [0.717, 1.165) is 61.6 Å². The molecule has 2 aromatic rings. The maximum Gasteiger partial charge on any atom is 0.231 e. The van der Waals surface area contributed by atoms with Crippen LogP contribution in [0.5, 0.6) is 17.2 Å². The summed E-state index contributed by atoms with van der Waals surface area (Å²) in [5.41, 5.74) is 5.04. The molecule has 146 valence electrons. The van der Waals surface area contributed by atoms with Gasteiger partial charge >= 0.3 is 0 Å². The van der Waals surface area contributed by atoms with Crippen LogP contribution in [0, 0.1) is 0 Å². The van der Waals surface area contributed by atoms with Gasteiger partial charge in [0.1, 0.15) is 5.75 Å². The molecule has 0 aromatic heterocycles. The SMILES string of the molecule is CN(C[C@@H]1CCCc2c1ccc1c2OCC1)C(=O)Cc1ccc2c(c1)OCO2. The molecule has 3 aliphatic rings. The van der Waals surface area contributed by atoms with Crippen LogP contribution in [0.1, 0.15) is 41.0 Å². The smallest absolute Gasteiger partial charge is 0.231 e. The zero-order chi connectivity index (χ0) is 19.1. The lowest BCUT2D eigenvalue weighted by Gasteiger charge is -2.30. The van der Waals surface area contributed by atoms with Crippen molar-refractivity contribution >= 4 is 5.91 Å². The van der Waals surface area contributed by atoms with Crippen LogP contribution >= 0.6 is 0 Å². The van der Waals surface area contributed by atoms with E-state index >= 15 is 0 Å². The Kier molecular flexibility index (Phi) is 4.38. The lowest BCUT2D eigenvalue weighted by molar-refractivity contribution is -0.129. The van der Waals surface area contributed by atoms with E-state index in [1.165, 1.54) is 16.7 Å². The van der Waals surface area contributed by atoms with Crippen molar-refractivity contribution in [2.24, 2.45) is 0 Å². The van der Waals surface area contributed by atoms with E-state index in [2.05, 4.69) is 12.1 Å². The summed E-state index contributed by atoms with van der Waals surface area (Å²) < 4.78 is 16.7. The molecule has 0 N–H and O–H groups in total. The van der Waals surface area contributed by atoms with Crippen LogP contribution in [0.25, 0.3) is 0 Å². The second-order valence-electron chi connectivity index (χ2n) is 7.95. The highest BCUT2D eigenvalue weighted by atomic mass is 16.7. The lowest BCUT2D eigenvalue weighted by atomic mass is 9.81. The lowest BCUT2D eigenvalue weighted by Crippen LogP contribution is -2.33. The van der Waals surface area contributed by atoms with Gasteiger partial charge < -0.3 is 19.1 Å². The summed E-state index contributed by atoms with van der Waals surface area (Å²) in [5.74, 6) is 3.10. The number of ether oxygens (including phenoxy) is 3. The minimum absolute atomic E-state index is 0.128. The first-order valence-electron chi connectivity index (χ1n) is 10.1. The van der Waals surface area contributed by atoms with Crippen molar-refractivity contribution in [3.05, 3.63) is 52.6 Å². The molecule has 0 spiro atoms. The molecule has 5 nitrogen and oxygen atoms in total. The minimum atomic E-state index is 0.128. The summed E-state index contributed by atoms with van der Waals surface area (Å²) in [6.07, 6.45) is 4.75. The quantitative estimate of drug-likeness (QED) is 0.816. The molecule has 0 radical (unpaired) electrons. The fourth-order valence-electron chi connectivity index (χ4n) is 4.63. The Hall–Kier alpha value is -2.69. The monoisotopic (exact) mass is 379 g/mol. The van der Waals surface area contributed by atoms with Gasteiger partial charge in [0.25, 0.3) is 0 Å². The first-order chi connectivity index (χ1) is 13.7. The molecule has 0 bridgehead atoms. The normalized spacial score (nSPS) is 19.0. The van der Waals surface area contributed by atoms with Crippen LogP contribution in [0.3, 0.4) is 0 Å². The summed E-state index contributed by atoms with van der Waals surface area (Å²) in [7, 11) is 1.91. The average Bonchev–Trinajstić information content (AvgIpc) is 3.36. The van der Waals surface area contributed by atoms with Crippen molar-refractivity contribution in [2.75, 3.05) is 27.0 Å². The van der Waals surface area contributed by atoms with Gasteiger partial charge in [-0.2, -0.15) is 0 Å². The van der Waals surface area contributed by atoms with E-state index < -0.39 is 0 Å². The Morgan fingerprint density at radius 3 is 2.93 bits per heavy atom. The Labute approximate surface area is 165 Å². The van der Waals surface area contributed by atoms with Gasteiger partial charge in [-0.15, -0.1) is 0 Å². The number of hydrogen-bond donors (Lipinski definition) is 0. The van der Waals surface area contributed by atoms with Gasteiger partial charge in [-0.1, -0.05) is 18.2 Å². The van der Waals surface area contributed by atoms with Crippen molar-refractivity contribution in [3.63, 3.8) is 0 Å².